The van der Waals surface area contributed by atoms with Gasteiger partial charge in [0, 0.05) is 26.4 Å². The highest BCUT2D eigenvalue weighted by molar-refractivity contribution is 5.02. The van der Waals surface area contributed by atoms with Crippen molar-refractivity contribution in [2.24, 2.45) is 5.92 Å². The van der Waals surface area contributed by atoms with E-state index in [1.807, 2.05) is 14.0 Å². The van der Waals surface area contributed by atoms with Gasteiger partial charge in [-0.15, -0.1) is 0 Å². The number of unbranched alkanes of at least 4 members (excludes halogenated alkanes) is 1. The van der Waals surface area contributed by atoms with Crippen LogP contribution in [0.5, 0.6) is 0 Å². The molecule has 0 amide bonds. The smallest absolute Gasteiger partial charge is 0.103 e. The second-order valence-corrected chi connectivity index (χ2v) is 5.28. The third-order valence-corrected chi connectivity index (χ3v) is 3.71. The molecule has 1 aliphatic heterocycles. The number of ether oxygens (including phenoxy) is 2. The Morgan fingerprint density at radius 1 is 1.39 bits per heavy atom. The van der Waals surface area contributed by atoms with Crippen molar-refractivity contribution < 1.29 is 9.47 Å². The van der Waals surface area contributed by atoms with Gasteiger partial charge in [0.15, 0.2) is 0 Å². The van der Waals surface area contributed by atoms with E-state index in [4.69, 9.17) is 14.7 Å². The van der Waals surface area contributed by atoms with Crippen LogP contribution in [-0.4, -0.2) is 39.0 Å². The monoisotopic (exact) mass is 254 g/mol. The second kappa shape index (κ2) is 8.47. The summed E-state index contributed by atoms with van der Waals surface area (Å²) in [5.41, 5.74) is -0.388. The lowest BCUT2D eigenvalue weighted by Crippen LogP contribution is -2.37. The molecule has 0 saturated carbocycles. The van der Waals surface area contributed by atoms with E-state index in [9.17, 15) is 0 Å². The second-order valence-electron chi connectivity index (χ2n) is 5.28. The van der Waals surface area contributed by atoms with E-state index in [1.165, 1.54) is 0 Å². The molecule has 1 rings (SSSR count). The Bertz CT molecular complexity index is 259. The number of hydrogen-bond donors (Lipinski definition) is 1. The maximum Gasteiger partial charge on any atom is 0.103 e. The Morgan fingerprint density at radius 3 is 2.72 bits per heavy atom. The van der Waals surface area contributed by atoms with Crippen molar-refractivity contribution >= 4 is 0 Å². The largest absolute Gasteiger partial charge is 0.381 e. The quantitative estimate of drug-likeness (QED) is 0.674. The van der Waals surface area contributed by atoms with Crippen molar-refractivity contribution in [3.05, 3.63) is 0 Å². The van der Waals surface area contributed by atoms with E-state index in [1.54, 1.807) is 0 Å². The van der Waals surface area contributed by atoms with Crippen molar-refractivity contribution in [2.75, 3.05) is 33.5 Å². The van der Waals surface area contributed by atoms with Gasteiger partial charge in [0.2, 0.25) is 0 Å². The first kappa shape index (κ1) is 15.4. The molecular formula is C14H26N2O2. The molecule has 1 fully saturated rings. The van der Waals surface area contributed by atoms with Gasteiger partial charge in [0.1, 0.15) is 5.54 Å². The SMILES string of the molecule is CNC(C)(C#N)CCCCOCC1CCOCC1. The third kappa shape index (κ3) is 5.81. The van der Waals surface area contributed by atoms with Crippen molar-refractivity contribution in [1.29, 1.82) is 5.26 Å². The fraction of sp³-hybridized carbons (Fsp3) is 0.929. The summed E-state index contributed by atoms with van der Waals surface area (Å²) in [4.78, 5) is 0. The molecule has 1 N–H and O–H groups in total. The zero-order chi connectivity index (χ0) is 13.3. The van der Waals surface area contributed by atoms with Gasteiger partial charge < -0.3 is 14.8 Å². The summed E-state index contributed by atoms with van der Waals surface area (Å²) in [5, 5.41) is 12.1. The van der Waals surface area contributed by atoms with Crippen LogP contribution in [0.1, 0.15) is 39.0 Å². The third-order valence-electron chi connectivity index (χ3n) is 3.71. The Labute approximate surface area is 111 Å². The van der Waals surface area contributed by atoms with Crippen molar-refractivity contribution in [1.82, 2.24) is 5.32 Å². The normalized spacial score (nSPS) is 20.3. The van der Waals surface area contributed by atoms with Crippen LogP contribution < -0.4 is 5.32 Å². The van der Waals surface area contributed by atoms with Gasteiger partial charge in [-0.05, 0) is 52.0 Å². The Morgan fingerprint density at radius 2 is 2.11 bits per heavy atom. The van der Waals surface area contributed by atoms with Crippen LogP contribution in [0.25, 0.3) is 0 Å². The molecule has 0 aromatic heterocycles. The lowest BCUT2D eigenvalue weighted by atomic mass is 9.97. The van der Waals surface area contributed by atoms with E-state index < -0.39 is 0 Å². The molecule has 1 aliphatic rings. The molecule has 4 nitrogen and oxygen atoms in total. The fourth-order valence-electron chi connectivity index (χ4n) is 2.08. The van der Waals surface area contributed by atoms with E-state index in [0.717, 1.165) is 58.5 Å². The molecule has 1 saturated heterocycles. The molecular weight excluding hydrogens is 228 g/mol. The van der Waals surface area contributed by atoms with Crippen LogP contribution in [0.4, 0.5) is 0 Å². The average molecular weight is 254 g/mol. The van der Waals surface area contributed by atoms with Crippen molar-refractivity contribution in [2.45, 2.75) is 44.6 Å². The standard InChI is InChI=1S/C14H26N2O2/c1-14(12-15,16-2)7-3-4-8-18-11-13-5-9-17-10-6-13/h13,16H,3-11H2,1-2H3. The number of nitriles is 1. The first-order valence-corrected chi connectivity index (χ1v) is 6.96. The molecule has 104 valence electrons. The minimum atomic E-state index is -0.388. The minimum Gasteiger partial charge on any atom is -0.381 e. The van der Waals surface area contributed by atoms with Crippen LogP contribution in [0.15, 0.2) is 0 Å². The molecule has 0 aromatic carbocycles. The molecule has 0 radical (unpaired) electrons. The Balaban J connectivity index is 1.97. The lowest BCUT2D eigenvalue weighted by Gasteiger charge is -2.22. The molecule has 1 unspecified atom stereocenters. The molecule has 1 heterocycles. The highest BCUT2D eigenvalue weighted by Crippen LogP contribution is 2.15. The summed E-state index contributed by atoms with van der Waals surface area (Å²) in [6.07, 6.45) is 5.19. The van der Waals surface area contributed by atoms with E-state index in [2.05, 4.69) is 11.4 Å². The van der Waals surface area contributed by atoms with Gasteiger partial charge in [-0.3, -0.25) is 0 Å². The summed E-state index contributed by atoms with van der Waals surface area (Å²) < 4.78 is 11.0. The topological polar surface area (TPSA) is 54.3 Å². The van der Waals surface area contributed by atoms with Crippen LogP contribution in [0.3, 0.4) is 0 Å². The molecule has 0 aliphatic carbocycles. The maximum absolute atomic E-state index is 9.00. The van der Waals surface area contributed by atoms with E-state index in [-0.39, 0.29) is 5.54 Å². The lowest BCUT2D eigenvalue weighted by molar-refractivity contribution is 0.0196. The minimum absolute atomic E-state index is 0.388. The highest BCUT2D eigenvalue weighted by atomic mass is 16.5. The summed E-state index contributed by atoms with van der Waals surface area (Å²) in [6, 6.07) is 2.30. The first-order chi connectivity index (χ1) is 8.70. The summed E-state index contributed by atoms with van der Waals surface area (Å²) in [6.45, 7) is 5.39. The van der Waals surface area contributed by atoms with Crippen LogP contribution in [0, 0.1) is 17.2 Å². The van der Waals surface area contributed by atoms with Gasteiger partial charge in [-0.1, -0.05) is 0 Å². The number of hydrogen-bond acceptors (Lipinski definition) is 4. The van der Waals surface area contributed by atoms with Gasteiger partial charge >= 0.3 is 0 Å². The summed E-state index contributed by atoms with van der Waals surface area (Å²) in [7, 11) is 1.84. The zero-order valence-electron chi connectivity index (χ0n) is 11.7. The maximum atomic E-state index is 9.00. The Hall–Kier alpha value is -0.630. The molecule has 4 heteroatoms. The van der Waals surface area contributed by atoms with Gasteiger partial charge in [0.05, 0.1) is 6.07 Å². The fourth-order valence-corrected chi connectivity index (χ4v) is 2.08. The van der Waals surface area contributed by atoms with Gasteiger partial charge in [-0.2, -0.15) is 5.26 Å². The molecule has 0 aromatic rings. The van der Waals surface area contributed by atoms with Crippen molar-refractivity contribution in [3.63, 3.8) is 0 Å². The highest BCUT2D eigenvalue weighted by Gasteiger charge is 2.19. The van der Waals surface area contributed by atoms with Crippen molar-refractivity contribution in [3.8, 4) is 6.07 Å². The number of nitrogens with one attached hydrogen (secondary N) is 1. The van der Waals surface area contributed by atoms with Crippen LogP contribution >= 0.6 is 0 Å². The molecule has 1 atom stereocenters. The predicted molar refractivity (Wildman–Crippen MR) is 71.3 cm³/mol. The summed E-state index contributed by atoms with van der Waals surface area (Å²) in [5.74, 6) is 0.681. The van der Waals surface area contributed by atoms with Crippen LogP contribution in [-0.2, 0) is 9.47 Å². The zero-order valence-corrected chi connectivity index (χ0v) is 11.7. The molecule has 18 heavy (non-hydrogen) atoms. The van der Waals surface area contributed by atoms with Gasteiger partial charge in [0.25, 0.3) is 0 Å². The number of nitrogens with zero attached hydrogens (tertiary/aromatic N) is 1. The average Bonchev–Trinajstić information content (AvgIpc) is 2.43. The molecule has 0 spiro atoms. The number of rotatable bonds is 8. The predicted octanol–water partition coefficient (Wildman–Crippen LogP) is 2.10. The summed E-state index contributed by atoms with van der Waals surface area (Å²) >= 11 is 0. The molecule has 0 bridgehead atoms. The first-order valence-electron chi connectivity index (χ1n) is 6.96. The van der Waals surface area contributed by atoms with Crippen LogP contribution in [0.2, 0.25) is 0 Å². The van der Waals surface area contributed by atoms with E-state index in [0.29, 0.717) is 5.92 Å². The Kier molecular flexibility index (Phi) is 7.26. The van der Waals surface area contributed by atoms with Gasteiger partial charge in [-0.25, -0.2) is 0 Å². The van der Waals surface area contributed by atoms with E-state index >= 15 is 0 Å².